The summed E-state index contributed by atoms with van der Waals surface area (Å²) >= 11 is 6.16. The molecule has 2 heteroatoms. The van der Waals surface area contributed by atoms with Crippen molar-refractivity contribution in [1.29, 1.82) is 0 Å². The van der Waals surface area contributed by atoms with Crippen molar-refractivity contribution in [2.24, 2.45) is 5.92 Å². The Balaban J connectivity index is 2.06. The minimum atomic E-state index is 0.219. The highest BCUT2D eigenvalue weighted by Crippen LogP contribution is 2.31. The van der Waals surface area contributed by atoms with Gasteiger partial charge in [0.2, 0.25) is 0 Å². The second kappa shape index (κ2) is 7.73. The van der Waals surface area contributed by atoms with E-state index < -0.39 is 0 Å². The van der Waals surface area contributed by atoms with Crippen molar-refractivity contribution in [3.8, 4) is 5.75 Å². The Kier molecular flexibility index (Phi) is 5.97. The Bertz CT molecular complexity index is 427. The molecular weight excluding hydrogens is 268 g/mol. The molecule has 1 aromatic rings. The average Bonchev–Trinajstić information content (AvgIpc) is 2.47. The van der Waals surface area contributed by atoms with Gasteiger partial charge in [0.15, 0.2) is 0 Å². The molecule has 0 bridgehead atoms. The predicted octanol–water partition coefficient (Wildman–Crippen LogP) is 5.68. The molecular formula is C18H25ClO. The fourth-order valence-corrected chi connectivity index (χ4v) is 3.16. The third kappa shape index (κ3) is 4.56. The van der Waals surface area contributed by atoms with Gasteiger partial charge in [0.1, 0.15) is 5.75 Å². The van der Waals surface area contributed by atoms with Gasteiger partial charge >= 0.3 is 0 Å². The molecule has 0 aromatic heterocycles. The zero-order chi connectivity index (χ0) is 14.4. The summed E-state index contributed by atoms with van der Waals surface area (Å²) in [5.41, 5.74) is 2.62. The maximum atomic E-state index is 6.16. The molecule has 1 fully saturated rings. The topological polar surface area (TPSA) is 9.23 Å². The summed E-state index contributed by atoms with van der Waals surface area (Å²) in [6.45, 7) is 4.09. The van der Waals surface area contributed by atoms with E-state index >= 15 is 0 Å². The van der Waals surface area contributed by atoms with E-state index in [0.717, 1.165) is 5.75 Å². The highest BCUT2D eigenvalue weighted by molar-refractivity contribution is 6.19. The van der Waals surface area contributed by atoms with Crippen LogP contribution in [0.1, 0.15) is 51.5 Å². The van der Waals surface area contributed by atoms with Crippen molar-refractivity contribution in [3.05, 3.63) is 35.4 Å². The summed E-state index contributed by atoms with van der Waals surface area (Å²) < 4.78 is 5.67. The van der Waals surface area contributed by atoms with Gasteiger partial charge in [-0.15, -0.1) is 11.6 Å². The first-order valence-corrected chi connectivity index (χ1v) is 8.25. The van der Waals surface area contributed by atoms with E-state index in [0.29, 0.717) is 11.8 Å². The van der Waals surface area contributed by atoms with Gasteiger partial charge in [-0.1, -0.05) is 43.0 Å². The van der Waals surface area contributed by atoms with Gasteiger partial charge in [-0.2, -0.15) is 0 Å². The molecule has 1 aliphatic rings. The quantitative estimate of drug-likeness (QED) is 0.635. The van der Waals surface area contributed by atoms with E-state index in [-0.39, 0.29) is 6.10 Å². The van der Waals surface area contributed by atoms with Gasteiger partial charge in [-0.05, 0) is 50.3 Å². The summed E-state index contributed by atoms with van der Waals surface area (Å²) in [5.74, 6) is 2.27. The minimum absolute atomic E-state index is 0.219. The first-order chi connectivity index (χ1) is 9.69. The Morgan fingerprint density at radius 2 is 1.85 bits per heavy atom. The van der Waals surface area contributed by atoms with Crippen LogP contribution in [0.25, 0.3) is 6.08 Å². The molecule has 0 atom stereocenters. The fraction of sp³-hybridized carbons (Fsp3) is 0.556. The Hall–Kier alpha value is -0.950. The summed E-state index contributed by atoms with van der Waals surface area (Å²) in [7, 11) is 0. The summed E-state index contributed by atoms with van der Waals surface area (Å²) in [6.07, 6.45) is 9.16. The first kappa shape index (κ1) is 15.4. The molecule has 0 amide bonds. The lowest BCUT2D eigenvalue weighted by Gasteiger charge is -2.23. The van der Waals surface area contributed by atoms with E-state index in [2.05, 4.69) is 18.2 Å². The maximum absolute atomic E-state index is 6.16. The highest BCUT2D eigenvalue weighted by Gasteiger charge is 2.17. The molecule has 0 N–H and O–H groups in total. The first-order valence-electron chi connectivity index (χ1n) is 7.72. The Labute approximate surface area is 128 Å². The van der Waals surface area contributed by atoms with Crippen molar-refractivity contribution >= 4 is 17.7 Å². The number of rotatable bonds is 5. The minimum Gasteiger partial charge on any atom is -0.491 e. The molecule has 0 spiro atoms. The van der Waals surface area contributed by atoms with Crippen LogP contribution in [0.3, 0.4) is 0 Å². The molecule has 1 aliphatic carbocycles. The van der Waals surface area contributed by atoms with Gasteiger partial charge < -0.3 is 4.74 Å². The van der Waals surface area contributed by atoms with E-state index in [9.17, 15) is 0 Å². The average molecular weight is 293 g/mol. The SMILES string of the molecule is CC(C)Oc1ccc(/C=C(/CCl)C2CCCCC2)cc1. The second-order valence-corrected chi connectivity index (χ2v) is 6.19. The van der Waals surface area contributed by atoms with Crippen molar-refractivity contribution in [2.45, 2.75) is 52.1 Å². The van der Waals surface area contributed by atoms with Crippen molar-refractivity contribution in [3.63, 3.8) is 0 Å². The number of halogens is 1. The van der Waals surface area contributed by atoms with E-state index in [1.165, 1.54) is 43.2 Å². The summed E-state index contributed by atoms with van der Waals surface area (Å²) in [5, 5.41) is 0. The molecule has 2 rings (SSSR count). The van der Waals surface area contributed by atoms with Gasteiger partial charge in [-0.25, -0.2) is 0 Å². The van der Waals surface area contributed by atoms with Crippen molar-refractivity contribution in [2.75, 3.05) is 5.88 Å². The van der Waals surface area contributed by atoms with Crippen LogP contribution in [0.4, 0.5) is 0 Å². The molecule has 110 valence electrons. The number of benzene rings is 1. The van der Waals surface area contributed by atoms with Crippen molar-refractivity contribution in [1.82, 2.24) is 0 Å². The summed E-state index contributed by atoms with van der Waals surface area (Å²) in [4.78, 5) is 0. The molecule has 1 saturated carbocycles. The van der Waals surface area contributed by atoms with Gasteiger partial charge in [0.05, 0.1) is 6.10 Å². The normalized spacial score (nSPS) is 17.5. The fourth-order valence-electron chi connectivity index (χ4n) is 2.87. The maximum Gasteiger partial charge on any atom is 0.119 e. The highest BCUT2D eigenvalue weighted by atomic mass is 35.5. The monoisotopic (exact) mass is 292 g/mol. The molecule has 1 aromatic carbocycles. The van der Waals surface area contributed by atoms with Gasteiger partial charge in [-0.3, -0.25) is 0 Å². The molecule has 0 aliphatic heterocycles. The molecule has 20 heavy (non-hydrogen) atoms. The van der Waals surface area contributed by atoms with Crippen LogP contribution in [0.2, 0.25) is 0 Å². The van der Waals surface area contributed by atoms with Crippen LogP contribution in [-0.2, 0) is 0 Å². The van der Waals surface area contributed by atoms with Crippen LogP contribution >= 0.6 is 11.6 Å². The summed E-state index contributed by atoms with van der Waals surface area (Å²) in [6, 6.07) is 8.32. The lowest BCUT2D eigenvalue weighted by molar-refractivity contribution is 0.242. The van der Waals surface area contributed by atoms with Gasteiger partial charge in [0.25, 0.3) is 0 Å². The molecule has 0 unspecified atom stereocenters. The van der Waals surface area contributed by atoms with E-state index in [1.807, 2.05) is 26.0 Å². The van der Waals surface area contributed by atoms with Crippen LogP contribution < -0.4 is 4.74 Å². The zero-order valence-electron chi connectivity index (χ0n) is 12.6. The zero-order valence-corrected chi connectivity index (χ0v) is 13.3. The largest absolute Gasteiger partial charge is 0.491 e. The van der Waals surface area contributed by atoms with Crippen LogP contribution in [0, 0.1) is 5.92 Å². The lowest BCUT2D eigenvalue weighted by atomic mass is 9.84. The Morgan fingerprint density at radius 3 is 2.40 bits per heavy atom. The smallest absolute Gasteiger partial charge is 0.119 e. The predicted molar refractivity (Wildman–Crippen MR) is 87.5 cm³/mol. The third-order valence-corrected chi connectivity index (χ3v) is 4.20. The molecule has 0 heterocycles. The van der Waals surface area contributed by atoms with Crippen LogP contribution in [-0.4, -0.2) is 12.0 Å². The molecule has 1 nitrogen and oxygen atoms in total. The van der Waals surface area contributed by atoms with Gasteiger partial charge in [0, 0.05) is 5.88 Å². The van der Waals surface area contributed by atoms with E-state index in [4.69, 9.17) is 16.3 Å². The molecule has 0 radical (unpaired) electrons. The lowest BCUT2D eigenvalue weighted by Crippen LogP contribution is -2.10. The number of hydrogen-bond donors (Lipinski definition) is 0. The van der Waals surface area contributed by atoms with E-state index in [1.54, 1.807) is 0 Å². The number of hydrogen-bond acceptors (Lipinski definition) is 1. The number of allylic oxidation sites excluding steroid dienone is 1. The number of ether oxygens (including phenoxy) is 1. The third-order valence-electron chi connectivity index (χ3n) is 3.89. The standard InChI is InChI=1S/C18H25ClO/c1-14(2)20-18-10-8-15(9-11-18)12-17(13-19)16-6-4-3-5-7-16/h8-12,14,16H,3-7,13H2,1-2H3/b17-12-. The van der Waals surface area contributed by atoms with Crippen LogP contribution in [0.5, 0.6) is 5.75 Å². The Morgan fingerprint density at radius 1 is 1.20 bits per heavy atom. The second-order valence-electron chi connectivity index (χ2n) is 5.92. The molecule has 0 saturated heterocycles. The van der Waals surface area contributed by atoms with Crippen molar-refractivity contribution < 1.29 is 4.74 Å². The van der Waals surface area contributed by atoms with Crippen LogP contribution in [0.15, 0.2) is 29.8 Å². The number of alkyl halides is 1.